The molecule has 0 aliphatic carbocycles. The number of aryl methyl sites for hydroxylation is 1. The maximum absolute atomic E-state index is 12.5. The first-order valence-corrected chi connectivity index (χ1v) is 9.64. The van der Waals surface area contributed by atoms with Crippen molar-refractivity contribution in [3.05, 3.63) is 70.1 Å². The summed E-state index contributed by atoms with van der Waals surface area (Å²) in [7, 11) is 1.31. The molecule has 28 heavy (non-hydrogen) atoms. The quantitative estimate of drug-likeness (QED) is 0.563. The van der Waals surface area contributed by atoms with Gasteiger partial charge in [-0.3, -0.25) is 4.79 Å². The van der Waals surface area contributed by atoms with Gasteiger partial charge in [0.1, 0.15) is 16.3 Å². The Kier molecular flexibility index (Phi) is 6.34. The van der Waals surface area contributed by atoms with Crippen LogP contribution in [-0.4, -0.2) is 25.6 Å². The molecule has 0 aliphatic heterocycles. The minimum absolute atomic E-state index is 0.173. The number of hydrogen-bond donors (Lipinski definition) is 1. The Bertz CT molecular complexity index is 1000. The zero-order chi connectivity index (χ0) is 20.1. The maximum atomic E-state index is 12.5. The van der Waals surface area contributed by atoms with Crippen LogP contribution >= 0.6 is 22.9 Å². The monoisotopic (exact) mass is 415 g/mol. The van der Waals surface area contributed by atoms with Gasteiger partial charge in [-0.1, -0.05) is 41.9 Å². The van der Waals surface area contributed by atoms with E-state index < -0.39 is 5.97 Å². The smallest absolute Gasteiger partial charge is 0.341 e. The first-order chi connectivity index (χ1) is 13.5. The van der Waals surface area contributed by atoms with Gasteiger partial charge < -0.3 is 14.8 Å². The Morgan fingerprint density at radius 1 is 1.11 bits per heavy atom. The van der Waals surface area contributed by atoms with Gasteiger partial charge in [0.05, 0.1) is 7.11 Å². The third-order valence-corrected chi connectivity index (χ3v) is 5.21. The van der Waals surface area contributed by atoms with Crippen LogP contribution < -0.4 is 10.1 Å². The minimum Gasteiger partial charge on any atom is -0.484 e. The number of esters is 1. The molecule has 1 amide bonds. The number of halogens is 1. The van der Waals surface area contributed by atoms with Gasteiger partial charge in [0, 0.05) is 15.5 Å². The number of carbonyl (C=O) groups excluding carboxylic acids is 2. The summed E-state index contributed by atoms with van der Waals surface area (Å²) in [5.41, 5.74) is 1.78. The number of nitrogens with one attached hydrogen (secondary N) is 1. The highest BCUT2D eigenvalue weighted by atomic mass is 35.5. The molecule has 3 rings (SSSR count). The van der Waals surface area contributed by atoms with Crippen molar-refractivity contribution in [2.24, 2.45) is 0 Å². The molecule has 0 aliphatic rings. The number of benzene rings is 2. The largest absolute Gasteiger partial charge is 0.484 e. The van der Waals surface area contributed by atoms with E-state index in [-0.39, 0.29) is 12.5 Å². The summed E-state index contributed by atoms with van der Waals surface area (Å²) in [6, 6.07) is 16.2. The van der Waals surface area contributed by atoms with Crippen LogP contribution in [-0.2, 0) is 9.53 Å². The zero-order valence-electron chi connectivity index (χ0n) is 15.3. The highest BCUT2D eigenvalue weighted by Crippen LogP contribution is 2.40. The molecule has 5 nitrogen and oxygen atoms in total. The van der Waals surface area contributed by atoms with Crippen molar-refractivity contribution in [3.63, 3.8) is 0 Å². The first kappa shape index (κ1) is 19.9. The fraction of sp³-hybridized carbons (Fsp3) is 0.143. The van der Waals surface area contributed by atoms with Gasteiger partial charge in [0.25, 0.3) is 5.91 Å². The number of para-hydroxylation sites is 1. The Morgan fingerprint density at radius 3 is 2.54 bits per heavy atom. The number of anilines is 1. The zero-order valence-corrected chi connectivity index (χ0v) is 16.9. The number of thiophene rings is 1. The van der Waals surface area contributed by atoms with E-state index in [0.29, 0.717) is 26.9 Å². The van der Waals surface area contributed by atoms with Gasteiger partial charge in [-0.05, 0) is 36.8 Å². The highest BCUT2D eigenvalue weighted by molar-refractivity contribution is 7.17. The van der Waals surface area contributed by atoms with E-state index in [1.54, 1.807) is 24.3 Å². The predicted octanol–water partition coefficient (Wildman–Crippen LogP) is 5.18. The number of methoxy groups -OCH3 is 1. The lowest BCUT2D eigenvalue weighted by Crippen LogP contribution is -2.21. The second-order valence-corrected chi connectivity index (χ2v) is 7.55. The van der Waals surface area contributed by atoms with E-state index >= 15 is 0 Å². The van der Waals surface area contributed by atoms with E-state index in [0.717, 1.165) is 10.4 Å². The molecule has 0 radical (unpaired) electrons. The Balaban J connectivity index is 1.87. The van der Waals surface area contributed by atoms with Crippen LogP contribution in [0.5, 0.6) is 5.75 Å². The summed E-state index contributed by atoms with van der Waals surface area (Å²) in [4.78, 5) is 25.7. The average molecular weight is 416 g/mol. The fourth-order valence-corrected chi connectivity index (χ4v) is 4.02. The van der Waals surface area contributed by atoms with Gasteiger partial charge in [-0.2, -0.15) is 0 Å². The SMILES string of the molecule is COC(=O)c1c(NC(=O)COc2ccccc2)sc(C)c1-c1cccc(Cl)c1. The minimum atomic E-state index is -0.529. The van der Waals surface area contributed by atoms with Crippen molar-refractivity contribution in [2.75, 3.05) is 19.0 Å². The molecule has 3 aromatic rings. The van der Waals surface area contributed by atoms with Crippen molar-refractivity contribution >= 4 is 39.8 Å². The van der Waals surface area contributed by atoms with E-state index in [1.807, 2.05) is 37.3 Å². The Morgan fingerprint density at radius 2 is 1.86 bits per heavy atom. The maximum Gasteiger partial charge on any atom is 0.341 e. The van der Waals surface area contributed by atoms with Crippen molar-refractivity contribution in [1.29, 1.82) is 0 Å². The summed E-state index contributed by atoms with van der Waals surface area (Å²) in [5.74, 6) is -0.306. The van der Waals surface area contributed by atoms with Gasteiger partial charge in [0.15, 0.2) is 6.61 Å². The van der Waals surface area contributed by atoms with Crippen molar-refractivity contribution < 1.29 is 19.1 Å². The molecule has 1 N–H and O–H groups in total. The van der Waals surface area contributed by atoms with E-state index in [4.69, 9.17) is 21.1 Å². The molecule has 0 fully saturated rings. The summed E-state index contributed by atoms with van der Waals surface area (Å²) >= 11 is 7.41. The lowest BCUT2D eigenvalue weighted by atomic mass is 10.0. The number of rotatable bonds is 6. The first-order valence-electron chi connectivity index (χ1n) is 8.45. The van der Waals surface area contributed by atoms with Crippen LogP contribution in [0.25, 0.3) is 11.1 Å². The standard InChI is InChI=1S/C21H18ClNO4S/c1-13-18(14-7-6-8-15(22)11-14)19(21(25)26-2)20(28-13)23-17(24)12-27-16-9-4-3-5-10-16/h3-11H,12H2,1-2H3,(H,23,24). The molecule has 0 saturated carbocycles. The van der Waals surface area contributed by atoms with Gasteiger partial charge >= 0.3 is 5.97 Å². The number of ether oxygens (including phenoxy) is 2. The van der Waals surface area contributed by atoms with Crippen LogP contribution in [0.1, 0.15) is 15.2 Å². The number of hydrogen-bond acceptors (Lipinski definition) is 5. The summed E-state index contributed by atoms with van der Waals surface area (Å²) in [5, 5.41) is 3.74. The van der Waals surface area contributed by atoms with Crippen LogP contribution in [0.4, 0.5) is 5.00 Å². The molecule has 7 heteroatoms. The lowest BCUT2D eigenvalue weighted by molar-refractivity contribution is -0.118. The summed E-state index contributed by atoms with van der Waals surface area (Å²) in [6.45, 7) is 1.71. The van der Waals surface area contributed by atoms with Crippen LogP contribution in [0, 0.1) is 6.92 Å². The number of amides is 1. The van der Waals surface area contributed by atoms with Gasteiger partial charge in [0.2, 0.25) is 0 Å². The molecular weight excluding hydrogens is 398 g/mol. The molecular formula is C21H18ClNO4S. The molecule has 0 spiro atoms. The molecule has 2 aromatic carbocycles. The van der Waals surface area contributed by atoms with Crippen molar-refractivity contribution in [3.8, 4) is 16.9 Å². The second-order valence-electron chi connectivity index (χ2n) is 5.89. The molecule has 1 heterocycles. The molecule has 0 bridgehead atoms. The summed E-state index contributed by atoms with van der Waals surface area (Å²) < 4.78 is 10.4. The van der Waals surface area contributed by atoms with E-state index in [1.165, 1.54) is 18.4 Å². The third kappa shape index (κ3) is 4.52. The Labute approximate surface area is 171 Å². The topological polar surface area (TPSA) is 64.6 Å². The lowest BCUT2D eigenvalue weighted by Gasteiger charge is -2.09. The second kappa shape index (κ2) is 8.91. The van der Waals surface area contributed by atoms with E-state index in [9.17, 15) is 9.59 Å². The van der Waals surface area contributed by atoms with Crippen molar-refractivity contribution in [2.45, 2.75) is 6.92 Å². The van der Waals surface area contributed by atoms with Crippen molar-refractivity contribution in [1.82, 2.24) is 0 Å². The van der Waals surface area contributed by atoms with Crippen LogP contribution in [0.3, 0.4) is 0 Å². The molecule has 0 saturated heterocycles. The molecule has 144 valence electrons. The van der Waals surface area contributed by atoms with Gasteiger partial charge in [-0.25, -0.2) is 4.79 Å². The summed E-state index contributed by atoms with van der Waals surface area (Å²) in [6.07, 6.45) is 0. The van der Waals surface area contributed by atoms with Gasteiger partial charge in [-0.15, -0.1) is 11.3 Å². The highest BCUT2D eigenvalue weighted by Gasteiger charge is 2.25. The Hall–Kier alpha value is -2.83. The number of carbonyl (C=O) groups is 2. The van der Waals surface area contributed by atoms with E-state index in [2.05, 4.69) is 5.32 Å². The van der Waals surface area contributed by atoms with Crippen LogP contribution in [0.2, 0.25) is 5.02 Å². The molecule has 1 aromatic heterocycles. The normalized spacial score (nSPS) is 10.4. The van der Waals surface area contributed by atoms with Crippen LogP contribution in [0.15, 0.2) is 54.6 Å². The molecule has 0 atom stereocenters. The fourth-order valence-electron chi connectivity index (χ4n) is 2.75. The molecule has 0 unspecified atom stereocenters. The predicted molar refractivity (Wildman–Crippen MR) is 111 cm³/mol. The third-order valence-electron chi connectivity index (χ3n) is 3.95. The average Bonchev–Trinajstić information content (AvgIpc) is 3.02.